The van der Waals surface area contributed by atoms with Gasteiger partial charge < -0.3 is 10.6 Å². The molecule has 0 saturated heterocycles. The zero-order chi connectivity index (χ0) is 16.1. The standard InChI is InChI=1S/C17H16ClN5/c1-12-7-8-14(9-15(12)18)21-17-22-16(11-20-23-17)19-10-13-5-3-2-4-6-13/h2-9,11H,10H2,1H3,(H2,19,21,22,23). The van der Waals surface area contributed by atoms with Crippen molar-refractivity contribution in [1.82, 2.24) is 15.2 Å². The maximum absolute atomic E-state index is 6.12. The quantitative estimate of drug-likeness (QED) is 0.736. The molecule has 6 heteroatoms. The highest BCUT2D eigenvalue weighted by Crippen LogP contribution is 2.22. The average Bonchev–Trinajstić information content (AvgIpc) is 2.58. The summed E-state index contributed by atoms with van der Waals surface area (Å²) in [6.07, 6.45) is 1.59. The zero-order valence-corrected chi connectivity index (χ0v) is 13.4. The van der Waals surface area contributed by atoms with E-state index >= 15 is 0 Å². The maximum Gasteiger partial charge on any atom is 0.249 e. The van der Waals surface area contributed by atoms with Gasteiger partial charge in [-0.15, -0.1) is 5.10 Å². The van der Waals surface area contributed by atoms with Crippen molar-refractivity contribution in [2.24, 2.45) is 0 Å². The van der Waals surface area contributed by atoms with Crippen LogP contribution in [-0.4, -0.2) is 15.2 Å². The summed E-state index contributed by atoms with van der Waals surface area (Å²) in [4.78, 5) is 4.40. The number of rotatable bonds is 5. The summed E-state index contributed by atoms with van der Waals surface area (Å²) in [5.74, 6) is 1.08. The number of nitrogens with one attached hydrogen (secondary N) is 2. The zero-order valence-electron chi connectivity index (χ0n) is 12.6. The molecule has 0 fully saturated rings. The molecule has 2 N–H and O–H groups in total. The second kappa shape index (κ2) is 7.07. The summed E-state index contributed by atoms with van der Waals surface area (Å²) >= 11 is 6.12. The van der Waals surface area contributed by atoms with Crippen LogP contribution in [0.3, 0.4) is 0 Å². The Morgan fingerprint density at radius 3 is 2.70 bits per heavy atom. The van der Waals surface area contributed by atoms with E-state index in [1.807, 2.05) is 43.3 Å². The number of anilines is 3. The van der Waals surface area contributed by atoms with E-state index in [1.54, 1.807) is 6.20 Å². The highest BCUT2D eigenvalue weighted by atomic mass is 35.5. The summed E-state index contributed by atoms with van der Waals surface area (Å²) < 4.78 is 0. The first-order valence-electron chi connectivity index (χ1n) is 7.21. The largest absolute Gasteiger partial charge is 0.365 e. The lowest BCUT2D eigenvalue weighted by molar-refractivity contribution is 0.966. The molecule has 0 unspecified atom stereocenters. The molecule has 0 saturated carbocycles. The van der Waals surface area contributed by atoms with Crippen LogP contribution in [0.2, 0.25) is 5.02 Å². The van der Waals surface area contributed by atoms with Crippen molar-refractivity contribution in [1.29, 1.82) is 0 Å². The fourth-order valence-electron chi connectivity index (χ4n) is 2.03. The lowest BCUT2D eigenvalue weighted by Gasteiger charge is -2.08. The van der Waals surface area contributed by atoms with Crippen molar-refractivity contribution in [3.63, 3.8) is 0 Å². The molecule has 1 heterocycles. The highest BCUT2D eigenvalue weighted by molar-refractivity contribution is 6.31. The van der Waals surface area contributed by atoms with E-state index in [4.69, 9.17) is 11.6 Å². The van der Waals surface area contributed by atoms with Crippen LogP contribution in [0.4, 0.5) is 17.5 Å². The van der Waals surface area contributed by atoms with Gasteiger partial charge in [0.05, 0.1) is 6.20 Å². The molecule has 0 aliphatic rings. The fourth-order valence-corrected chi connectivity index (χ4v) is 2.21. The third kappa shape index (κ3) is 4.17. The number of benzene rings is 2. The molecule has 1 aromatic heterocycles. The summed E-state index contributed by atoms with van der Waals surface area (Å²) in [7, 11) is 0. The first-order chi connectivity index (χ1) is 11.2. The maximum atomic E-state index is 6.12. The molecule has 0 amide bonds. The fraction of sp³-hybridized carbons (Fsp3) is 0.118. The summed E-state index contributed by atoms with van der Waals surface area (Å²) in [5, 5.41) is 15.0. The Balaban J connectivity index is 1.68. The Kier molecular flexibility index (Phi) is 4.68. The van der Waals surface area contributed by atoms with Crippen LogP contribution in [0.25, 0.3) is 0 Å². The minimum absolute atomic E-state index is 0.419. The van der Waals surface area contributed by atoms with Crippen LogP contribution in [0.1, 0.15) is 11.1 Å². The van der Waals surface area contributed by atoms with E-state index in [0.29, 0.717) is 23.3 Å². The first-order valence-corrected chi connectivity index (χ1v) is 7.59. The molecule has 3 aromatic rings. The summed E-state index contributed by atoms with van der Waals surface area (Å²) in [6.45, 7) is 2.63. The number of hydrogen-bond acceptors (Lipinski definition) is 5. The van der Waals surface area contributed by atoms with Crippen LogP contribution in [0.15, 0.2) is 54.7 Å². The predicted molar refractivity (Wildman–Crippen MR) is 93.1 cm³/mol. The van der Waals surface area contributed by atoms with Crippen molar-refractivity contribution in [2.45, 2.75) is 13.5 Å². The topological polar surface area (TPSA) is 62.7 Å². The first kappa shape index (κ1) is 15.2. The molecule has 116 valence electrons. The van der Waals surface area contributed by atoms with E-state index < -0.39 is 0 Å². The van der Waals surface area contributed by atoms with E-state index in [2.05, 4.69) is 37.9 Å². The van der Waals surface area contributed by atoms with Gasteiger partial charge in [-0.25, -0.2) is 0 Å². The van der Waals surface area contributed by atoms with Gasteiger partial charge in [0, 0.05) is 17.3 Å². The number of halogens is 1. The number of nitrogens with zero attached hydrogens (tertiary/aromatic N) is 3. The third-order valence-corrected chi connectivity index (χ3v) is 3.71. The SMILES string of the molecule is Cc1ccc(Nc2nncc(NCc3ccccc3)n2)cc1Cl. The van der Waals surface area contributed by atoms with E-state index in [-0.39, 0.29) is 0 Å². The normalized spacial score (nSPS) is 10.3. The number of aromatic nitrogens is 3. The van der Waals surface area contributed by atoms with Crippen molar-refractivity contribution in [3.8, 4) is 0 Å². The van der Waals surface area contributed by atoms with Gasteiger partial charge in [-0.1, -0.05) is 48.0 Å². The molecule has 2 aromatic carbocycles. The van der Waals surface area contributed by atoms with Crippen LogP contribution in [-0.2, 0) is 6.54 Å². The van der Waals surface area contributed by atoms with Crippen molar-refractivity contribution < 1.29 is 0 Å². The van der Waals surface area contributed by atoms with Gasteiger partial charge in [0.1, 0.15) is 0 Å². The molecule has 0 bridgehead atoms. The number of hydrogen-bond donors (Lipinski definition) is 2. The minimum atomic E-state index is 0.419. The van der Waals surface area contributed by atoms with E-state index in [9.17, 15) is 0 Å². The smallest absolute Gasteiger partial charge is 0.249 e. The van der Waals surface area contributed by atoms with E-state index in [0.717, 1.165) is 11.3 Å². The van der Waals surface area contributed by atoms with Gasteiger partial charge in [-0.3, -0.25) is 0 Å². The number of aryl methyl sites for hydroxylation is 1. The van der Waals surface area contributed by atoms with Gasteiger partial charge in [0.25, 0.3) is 0 Å². The molecule has 23 heavy (non-hydrogen) atoms. The van der Waals surface area contributed by atoms with Gasteiger partial charge in [0.2, 0.25) is 5.95 Å². The van der Waals surface area contributed by atoms with Gasteiger partial charge in [0.15, 0.2) is 5.82 Å². The molecule has 0 aliphatic heterocycles. The third-order valence-electron chi connectivity index (χ3n) is 3.30. The molecular formula is C17H16ClN5. The van der Waals surface area contributed by atoms with Crippen LogP contribution < -0.4 is 10.6 Å². The Bertz CT molecular complexity index is 792. The molecule has 5 nitrogen and oxygen atoms in total. The van der Waals surface area contributed by atoms with Crippen molar-refractivity contribution in [2.75, 3.05) is 10.6 Å². The Labute approximate surface area is 139 Å². The van der Waals surface area contributed by atoms with Crippen LogP contribution in [0, 0.1) is 6.92 Å². The van der Waals surface area contributed by atoms with Gasteiger partial charge in [-0.05, 0) is 30.2 Å². The van der Waals surface area contributed by atoms with Crippen LogP contribution >= 0.6 is 11.6 Å². The monoisotopic (exact) mass is 325 g/mol. The molecule has 0 aliphatic carbocycles. The second-order valence-electron chi connectivity index (χ2n) is 5.09. The summed E-state index contributed by atoms with van der Waals surface area (Å²) in [5.41, 5.74) is 3.02. The van der Waals surface area contributed by atoms with Crippen molar-refractivity contribution >= 4 is 29.1 Å². The highest BCUT2D eigenvalue weighted by Gasteiger charge is 2.03. The molecule has 0 spiro atoms. The average molecular weight is 326 g/mol. The lowest BCUT2D eigenvalue weighted by Crippen LogP contribution is -2.05. The predicted octanol–water partition coefficient (Wildman–Crippen LogP) is 4.19. The van der Waals surface area contributed by atoms with Crippen LogP contribution in [0.5, 0.6) is 0 Å². The molecule has 0 radical (unpaired) electrons. The van der Waals surface area contributed by atoms with Crippen molar-refractivity contribution in [3.05, 3.63) is 70.9 Å². The molecule has 3 rings (SSSR count). The lowest BCUT2D eigenvalue weighted by atomic mass is 10.2. The minimum Gasteiger partial charge on any atom is -0.365 e. The molecule has 0 atom stereocenters. The molecular weight excluding hydrogens is 310 g/mol. The van der Waals surface area contributed by atoms with Gasteiger partial charge >= 0.3 is 0 Å². The Hall–Kier alpha value is -2.66. The Morgan fingerprint density at radius 1 is 1.09 bits per heavy atom. The Morgan fingerprint density at radius 2 is 1.91 bits per heavy atom. The summed E-state index contributed by atoms with van der Waals surface area (Å²) in [6, 6.07) is 15.8. The van der Waals surface area contributed by atoms with Gasteiger partial charge in [-0.2, -0.15) is 10.1 Å². The second-order valence-corrected chi connectivity index (χ2v) is 5.50. The van der Waals surface area contributed by atoms with E-state index in [1.165, 1.54) is 5.56 Å².